The molecule has 1 saturated carbocycles. The zero-order valence-corrected chi connectivity index (χ0v) is 12.4. The van der Waals surface area contributed by atoms with Gasteiger partial charge in [-0.3, -0.25) is 4.68 Å². The Morgan fingerprint density at radius 3 is 2.79 bits per heavy atom. The van der Waals surface area contributed by atoms with E-state index >= 15 is 0 Å². The summed E-state index contributed by atoms with van der Waals surface area (Å²) in [5.41, 5.74) is 7.10. The first kappa shape index (κ1) is 14.5. The molecular weight excluding hydrogens is 238 g/mol. The van der Waals surface area contributed by atoms with Gasteiger partial charge >= 0.3 is 0 Å². The van der Waals surface area contributed by atoms with E-state index in [1.54, 1.807) is 0 Å². The van der Waals surface area contributed by atoms with Gasteiger partial charge in [0.15, 0.2) is 0 Å². The van der Waals surface area contributed by atoms with Crippen LogP contribution < -0.4 is 5.73 Å². The number of rotatable bonds is 4. The van der Waals surface area contributed by atoms with Gasteiger partial charge in [0.2, 0.25) is 0 Å². The summed E-state index contributed by atoms with van der Waals surface area (Å²) in [5, 5.41) is 14.9. The molecule has 0 bridgehead atoms. The number of aliphatic hydroxyl groups is 1. The van der Waals surface area contributed by atoms with Crippen LogP contribution in [0.3, 0.4) is 0 Å². The largest absolute Gasteiger partial charge is 0.392 e. The van der Waals surface area contributed by atoms with Gasteiger partial charge in [-0.15, -0.1) is 0 Å². The number of aryl methyl sites for hydroxylation is 2. The third kappa shape index (κ3) is 2.70. The topological polar surface area (TPSA) is 64.1 Å². The minimum Gasteiger partial charge on any atom is -0.392 e. The maximum atomic E-state index is 10.7. The predicted molar refractivity (Wildman–Crippen MR) is 76.7 cm³/mol. The summed E-state index contributed by atoms with van der Waals surface area (Å²) in [6.45, 7) is 4.88. The average Bonchev–Trinajstić information content (AvgIpc) is 2.77. The molecule has 0 radical (unpaired) electrons. The first-order chi connectivity index (χ1) is 8.91. The molecule has 1 aromatic heterocycles. The summed E-state index contributed by atoms with van der Waals surface area (Å²) in [6, 6.07) is 2.05. The van der Waals surface area contributed by atoms with E-state index in [2.05, 4.69) is 18.9 Å². The van der Waals surface area contributed by atoms with E-state index in [-0.39, 0.29) is 16.9 Å². The van der Waals surface area contributed by atoms with Gasteiger partial charge in [-0.2, -0.15) is 5.10 Å². The summed E-state index contributed by atoms with van der Waals surface area (Å²) < 4.78 is 1.91. The quantitative estimate of drug-likeness (QED) is 0.873. The highest BCUT2D eigenvalue weighted by molar-refractivity contribution is 5.04. The van der Waals surface area contributed by atoms with Gasteiger partial charge in [-0.25, -0.2) is 0 Å². The fourth-order valence-corrected chi connectivity index (χ4v) is 3.60. The molecule has 2 rings (SSSR count). The monoisotopic (exact) mass is 265 g/mol. The van der Waals surface area contributed by atoms with Crippen molar-refractivity contribution in [3.05, 3.63) is 18.0 Å². The fraction of sp³-hybridized carbons (Fsp3) is 0.800. The molecule has 0 spiro atoms. The molecule has 3 N–H and O–H groups in total. The van der Waals surface area contributed by atoms with Crippen molar-refractivity contribution >= 4 is 0 Å². The molecule has 19 heavy (non-hydrogen) atoms. The minimum atomic E-state index is -0.313. The second-order valence-electron chi connectivity index (χ2n) is 6.76. The lowest BCUT2D eigenvalue weighted by atomic mass is 9.59. The molecule has 0 aromatic carbocycles. The molecule has 2 unspecified atom stereocenters. The normalized spacial score (nSPS) is 30.5. The molecule has 4 nitrogen and oxygen atoms in total. The average molecular weight is 265 g/mol. The number of nitrogens with zero attached hydrogens (tertiary/aromatic N) is 2. The molecule has 0 amide bonds. The number of nitrogens with two attached hydrogens (primary N) is 1. The Balaban J connectivity index is 2.12. The van der Waals surface area contributed by atoms with E-state index < -0.39 is 0 Å². The van der Waals surface area contributed by atoms with Crippen LogP contribution in [-0.4, -0.2) is 27.5 Å². The van der Waals surface area contributed by atoms with Crippen LogP contribution in [0.2, 0.25) is 0 Å². The third-order valence-corrected chi connectivity index (χ3v) is 5.02. The van der Waals surface area contributed by atoms with E-state index in [0.29, 0.717) is 6.54 Å². The van der Waals surface area contributed by atoms with Crippen LogP contribution in [0, 0.1) is 10.8 Å². The van der Waals surface area contributed by atoms with Crippen LogP contribution in [-0.2, 0) is 13.5 Å². The van der Waals surface area contributed by atoms with Gasteiger partial charge in [0.05, 0.1) is 6.10 Å². The zero-order valence-electron chi connectivity index (χ0n) is 12.4. The van der Waals surface area contributed by atoms with Crippen molar-refractivity contribution in [2.45, 2.75) is 52.1 Å². The van der Waals surface area contributed by atoms with Crippen molar-refractivity contribution in [2.75, 3.05) is 6.54 Å². The standard InChI is InChI=1S/C15H27N3O/c1-14(2)7-4-8-15(11-16,13(14)19)9-5-12-6-10-17-18(12)3/h6,10,13,19H,4-5,7-9,11,16H2,1-3H3. The molecule has 1 aliphatic carbocycles. The minimum absolute atomic E-state index is 0.0237. The van der Waals surface area contributed by atoms with Gasteiger partial charge in [0.1, 0.15) is 0 Å². The SMILES string of the molecule is Cn1nccc1CCC1(CN)CCCC(C)(C)C1O. The molecule has 0 saturated heterocycles. The maximum Gasteiger partial charge on any atom is 0.0659 e. The lowest BCUT2D eigenvalue weighted by Gasteiger charge is -2.49. The van der Waals surface area contributed by atoms with Gasteiger partial charge < -0.3 is 10.8 Å². The maximum absolute atomic E-state index is 10.7. The van der Waals surface area contributed by atoms with E-state index in [1.165, 1.54) is 5.69 Å². The van der Waals surface area contributed by atoms with Crippen molar-refractivity contribution < 1.29 is 5.11 Å². The van der Waals surface area contributed by atoms with Gasteiger partial charge in [0, 0.05) is 30.9 Å². The smallest absolute Gasteiger partial charge is 0.0659 e. The van der Waals surface area contributed by atoms with Crippen LogP contribution in [0.1, 0.15) is 45.2 Å². The van der Waals surface area contributed by atoms with Gasteiger partial charge in [-0.1, -0.05) is 20.3 Å². The summed E-state index contributed by atoms with van der Waals surface area (Å²) in [7, 11) is 1.96. The van der Waals surface area contributed by atoms with E-state index in [4.69, 9.17) is 5.73 Å². The van der Waals surface area contributed by atoms with Crippen molar-refractivity contribution in [1.82, 2.24) is 9.78 Å². The Morgan fingerprint density at radius 2 is 2.21 bits per heavy atom. The van der Waals surface area contributed by atoms with Crippen LogP contribution in [0.4, 0.5) is 0 Å². The molecule has 108 valence electrons. The molecule has 2 atom stereocenters. The van der Waals surface area contributed by atoms with E-state index in [0.717, 1.165) is 32.1 Å². The zero-order chi connectivity index (χ0) is 14.1. The van der Waals surface area contributed by atoms with Gasteiger partial charge in [-0.05, 0) is 37.2 Å². The Labute approximate surface area is 116 Å². The highest BCUT2D eigenvalue weighted by atomic mass is 16.3. The van der Waals surface area contributed by atoms with Crippen LogP contribution in [0.15, 0.2) is 12.3 Å². The first-order valence-corrected chi connectivity index (χ1v) is 7.26. The molecule has 4 heteroatoms. The Morgan fingerprint density at radius 1 is 1.47 bits per heavy atom. The molecule has 1 aromatic rings. The highest BCUT2D eigenvalue weighted by Crippen LogP contribution is 2.48. The lowest BCUT2D eigenvalue weighted by molar-refractivity contribution is -0.0924. The van der Waals surface area contributed by atoms with Gasteiger partial charge in [0.25, 0.3) is 0 Å². The van der Waals surface area contributed by atoms with E-state index in [1.807, 2.05) is 24.0 Å². The molecule has 1 heterocycles. The summed E-state index contributed by atoms with van der Waals surface area (Å²) >= 11 is 0. The second kappa shape index (κ2) is 5.25. The third-order valence-electron chi connectivity index (χ3n) is 5.02. The fourth-order valence-electron chi connectivity index (χ4n) is 3.60. The number of hydrogen-bond acceptors (Lipinski definition) is 3. The molecule has 0 aliphatic heterocycles. The van der Waals surface area contributed by atoms with E-state index in [9.17, 15) is 5.11 Å². The Hall–Kier alpha value is -0.870. The molecule has 1 aliphatic rings. The van der Waals surface area contributed by atoms with Crippen LogP contribution in [0.5, 0.6) is 0 Å². The highest BCUT2D eigenvalue weighted by Gasteiger charge is 2.47. The Bertz CT molecular complexity index is 427. The van der Waals surface area contributed by atoms with Crippen molar-refractivity contribution in [2.24, 2.45) is 23.6 Å². The molecular formula is C15H27N3O. The predicted octanol–water partition coefficient (Wildman–Crippen LogP) is 1.87. The molecule has 1 fully saturated rings. The number of aliphatic hydroxyl groups excluding tert-OH is 1. The summed E-state index contributed by atoms with van der Waals surface area (Å²) in [4.78, 5) is 0. The second-order valence-corrected chi connectivity index (χ2v) is 6.76. The lowest BCUT2D eigenvalue weighted by Crippen LogP contribution is -2.52. The van der Waals surface area contributed by atoms with Crippen LogP contribution in [0.25, 0.3) is 0 Å². The first-order valence-electron chi connectivity index (χ1n) is 7.26. The number of hydrogen-bond donors (Lipinski definition) is 2. The van der Waals surface area contributed by atoms with Crippen molar-refractivity contribution in [3.8, 4) is 0 Å². The summed E-state index contributed by atoms with van der Waals surface area (Å²) in [6.07, 6.45) is 6.66. The number of aromatic nitrogens is 2. The van der Waals surface area contributed by atoms with Crippen molar-refractivity contribution in [3.63, 3.8) is 0 Å². The summed E-state index contributed by atoms with van der Waals surface area (Å²) in [5.74, 6) is 0. The Kier molecular flexibility index (Phi) is 4.02. The van der Waals surface area contributed by atoms with Crippen molar-refractivity contribution in [1.29, 1.82) is 0 Å². The van der Waals surface area contributed by atoms with Crippen LogP contribution >= 0.6 is 0 Å².